The van der Waals surface area contributed by atoms with Crippen molar-refractivity contribution in [3.8, 4) is 0 Å². The lowest BCUT2D eigenvalue weighted by Crippen LogP contribution is -2.48. The maximum Gasteiger partial charge on any atom is 0.230 e. The van der Waals surface area contributed by atoms with Crippen LogP contribution in [0, 0.1) is 12.3 Å². The molecule has 6 nitrogen and oxygen atoms in total. The lowest BCUT2D eigenvalue weighted by atomic mass is 9.78. The number of aryl methyl sites for hydroxylation is 1. The van der Waals surface area contributed by atoms with Gasteiger partial charge in [-0.25, -0.2) is 0 Å². The summed E-state index contributed by atoms with van der Waals surface area (Å²) in [5.74, 6) is 1.23. The molecular weight excluding hydrogens is 290 g/mol. The molecule has 126 valence electrons. The summed E-state index contributed by atoms with van der Waals surface area (Å²) in [5, 5.41) is 8.46. The van der Waals surface area contributed by atoms with Crippen molar-refractivity contribution >= 4 is 11.7 Å². The number of likely N-dealkylation sites (tertiary alicyclic amines) is 1. The minimum absolute atomic E-state index is 0.211. The summed E-state index contributed by atoms with van der Waals surface area (Å²) < 4.78 is 0. The molecule has 0 bridgehead atoms. The Labute approximate surface area is 138 Å². The van der Waals surface area contributed by atoms with E-state index in [-0.39, 0.29) is 5.41 Å². The number of piperidine rings is 1. The highest BCUT2D eigenvalue weighted by molar-refractivity contribution is 5.85. The molecule has 1 aromatic rings. The molecule has 2 aliphatic heterocycles. The van der Waals surface area contributed by atoms with Gasteiger partial charge in [-0.1, -0.05) is 0 Å². The smallest absolute Gasteiger partial charge is 0.230 e. The van der Waals surface area contributed by atoms with E-state index in [0.29, 0.717) is 5.91 Å². The number of rotatable bonds is 4. The van der Waals surface area contributed by atoms with Crippen molar-refractivity contribution in [1.82, 2.24) is 20.0 Å². The van der Waals surface area contributed by atoms with Crippen molar-refractivity contribution in [2.24, 2.45) is 5.41 Å². The highest BCUT2D eigenvalue weighted by Gasteiger charge is 2.48. The van der Waals surface area contributed by atoms with Gasteiger partial charge in [0.1, 0.15) is 0 Å². The van der Waals surface area contributed by atoms with Crippen molar-refractivity contribution < 1.29 is 4.79 Å². The summed E-state index contributed by atoms with van der Waals surface area (Å²) >= 11 is 0. The molecule has 2 fully saturated rings. The summed E-state index contributed by atoms with van der Waals surface area (Å²) in [6, 6.07) is 4.01. The summed E-state index contributed by atoms with van der Waals surface area (Å²) in [5.41, 5.74) is 0.712. The van der Waals surface area contributed by atoms with E-state index in [0.717, 1.165) is 63.5 Å². The van der Waals surface area contributed by atoms with Crippen LogP contribution in [-0.4, -0.2) is 72.7 Å². The first-order valence-electron chi connectivity index (χ1n) is 8.50. The minimum Gasteiger partial charge on any atom is -0.354 e. The Morgan fingerprint density at radius 2 is 2.04 bits per heavy atom. The summed E-state index contributed by atoms with van der Waals surface area (Å²) in [6.45, 7) is 6.33. The Hall–Kier alpha value is -1.69. The molecule has 1 atom stereocenters. The van der Waals surface area contributed by atoms with E-state index in [2.05, 4.69) is 34.1 Å². The van der Waals surface area contributed by atoms with Gasteiger partial charge in [0.25, 0.3) is 0 Å². The molecule has 0 saturated carbocycles. The number of anilines is 1. The normalized spacial score (nSPS) is 25.0. The van der Waals surface area contributed by atoms with Gasteiger partial charge in [-0.15, -0.1) is 5.10 Å². The monoisotopic (exact) mass is 317 g/mol. The van der Waals surface area contributed by atoms with E-state index in [1.54, 1.807) is 0 Å². The Balaban J connectivity index is 1.70. The first-order chi connectivity index (χ1) is 11.0. The van der Waals surface area contributed by atoms with Gasteiger partial charge in [0.05, 0.1) is 11.1 Å². The van der Waals surface area contributed by atoms with Crippen LogP contribution < -0.4 is 4.90 Å². The number of amides is 1. The average molecular weight is 317 g/mol. The highest BCUT2D eigenvalue weighted by Crippen LogP contribution is 2.40. The molecule has 2 aliphatic rings. The Bertz CT molecular complexity index is 559. The molecule has 2 saturated heterocycles. The van der Waals surface area contributed by atoms with E-state index >= 15 is 0 Å². The van der Waals surface area contributed by atoms with E-state index in [1.165, 1.54) is 0 Å². The first-order valence-corrected chi connectivity index (χ1v) is 8.50. The van der Waals surface area contributed by atoms with Crippen LogP contribution in [0.15, 0.2) is 12.1 Å². The zero-order chi connectivity index (χ0) is 16.4. The van der Waals surface area contributed by atoms with Crippen LogP contribution in [0.3, 0.4) is 0 Å². The van der Waals surface area contributed by atoms with Crippen molar-refractivity contribution in [2.45, 2.75) is 26.2 Å². The Morgan fingerprint density at radius 3 is 2.74 bits per heavy atom. The lowest BCUT2D eigenvalue weighted by molar-refractivity contribution is -0.136. The number of carbonyl (C=O) groups is 1. The van der Waals surface area contributed by atoms with Gasteiger partial charge in [-0.3, -0.25) is 4.79 Å². The molecule has 1 spiro atoms. The molecule has 0 aliphatic carbocycles. The standard InChI is InChI=1S/C17H27N5O/c1-14-5-6-15(19-18-14)22-9-4-7-17(13-22)8-10-21(16(17)23)12-11-20(2)3/h5-6H,4,7-13H2,1-3H3/t17-/m1/s1. The second-order valence-corrected chi connectivity index (χ2v) is 7.18. The lowest BCUT2D eigenvalue weighted by Gasteiger charge is -2.39. The van der Waals surface area contributed by atoms with Gasteiger partial charge < -0.3 is 14.7 Å². The number of aromatic nitrogens is 2. The van der Waals surface area contributed by atoms with Gasteiger partial charge in [0.2, 0.25) is 5.91 Å². The van der Waals surface area contributed by atoms with E-state index in [4.69, 9.17) is 0 Å². The van der Waals surface area contributed by atoms with Crippen molar-refractivity contribution in [1.29, 1.82) is 0 Å². The molecule has 23 heavy (non-hydrogen) atoms. The van der Waals surface area contributed by atoms with Crippen LogP contribution in [0.4, 0.5) is 5.82 Å². The van der Waals surface area contributed by atoms with Gasteiger partial charge >= 0.3 is 0 Å². The highest BCUT2D eigenvalue weighted by atomic mass is 16.2. The summed E-state index contributed by atoms with van der Waals surface area (Å²) in [7, 11) is 4.10. The molecule has 0 radical (unpaired) electrons. The third kappa shape index (κ3) is 3.32. The zero-order valence-electron chi connectivity index (χ0n) is 14.5. The largest absolute Gasteiger partial charge is 0.354 e. The topological polar surface area (TPSA) is 52.6 Å². The van der Waals surface area contributed by atoms with Crippen LogP contribution >= 0.6 is 0 Å². The number of likely N-dealkylation sites (N-methyl/N-ethyl adjacent to an activating group) is 1. The van der Waals surface area contributed by atoms with Crippen LogP contribution in [0.25, 0.3) is 0 Å². The van der Waals surface area contributed by atoms with E-state index in [1.807, 2.05) is 24.0 Å². The van der Waals surface area contributed by atoms with Crippen LogP contribution in [0.5, 0.6) is 0 Å². The van der Waals surface area contributed by atoms with Gasteiger partial charge in [-0.05, 0) is 52.4 Å². The summed E-state index contributed by atoms with van der Waals surface area (Å²) in [4.78, 5) is 19.4. The van der Waals surface area contributed by atoms with Gasteiger partial charge in [-0.2, -0.15) is 5.10 Å². The zero-order valence-corrected chi connectivity index (χ0v) is 14.5. The van der Waals surface area contributed by atoms with Crippen molar-refractivity contribution in [2.75, 3.05) is 51.7 Å². The minimum atomic E-state index is -0.211. The molecule has 0 unspecified atom stereocenters. The number of nitrogens with zero attached hydrogens (tertiary/aromatic N) is 5. The maximum atomic E-state index is 13.0. The molecule has 1 amide bonds. The average Bonchev–Trinajstić information content (AvgIpc) is 2.82. The van der Waals surface area contributed by atoms with E-state index in [9.17, 15) is 4.79 Å². The molecule has 1 aromatic heterocycles. The van der Waals surface area contributed by atoms with Crippen LogP contribution in [0.2, 0.25) is 0 Å². The third-order valence-corrected chi connectivity index (χ3v) is 5.10. The van der Waals surface area contributed by atoms with Crippen molar-refractivity contribution in [3.63, 3.8) is 0 Å². The molecule has 3 rings (SSSR count). The van der Waals surface area contributed by atoms with E-state index < -0.39 is 0 Å². The molecule has 6 heteroatoms. The Morgan fingerprint density at radius 1 is 1.22 bits per heavy atom. The number of carbonyl (C=O) groups excluding carboxylic acids is 1. The van der Waals surface area contributed by atoms with Gasteiger partial charge in [0, 0.05) is 32.7 Å². The second-order valence-electron chi connectivity index (χ2n) is 7.18. The maximum absolute atomic E-state index is 13.0. The predicted molar refractivity (Wildman–Crippen MR) is 90.4 cm³/mol. The number of hydrogen-bond donors (Lipinski definition) is 0. The van der Waals surface area contributed by atoms with Crippen molar-refractivity contribution in [3.05, 3.63) is 17.8 Å². The third-order valence-electron chi connectivity index (χ3n) is 5.10. The fraction of sp³-hybridized carbons (Fsp3) is 0.706. The quantitative estimate of drug-likeness (QED) is 0.834. The fourth-order valence-electron chi connectivity index (χ4n) is 3.69. The molecule has 0 N–H and O–H groups in total. The Kier molecular flexibility index (Phi) is 4.53. The number of hydrogen-bond acceptors (Lipinski definition) is 5. The van der Waals surface area contributed by atoms with Crippen LogP contribution in [0.1, 0.15) is 25.0 Å². The molecular formula is C17H27N5O. The predicted octanol–water partition coefficient (Wildman–Crippen LogP) is 1.17. The molecule has 3 heterocycles. The summed E-state index contributed by atoms with van der Waals surface area (Å²) in [6.07, 6.45) is 3.01. The fourth-order valence-corrected chi connectivity index (χ4v) is 3.69. The SMILES string of the molecule is Cc1ccc(N2CCC[C@@]3(CCN(CCN(C)C)C3=O)C2)nn1. The van der Waals surface area contributed by atoms with Crippen LogP contribution in [-0.2, 0) is 4.79 Å². The van der Waals surface area contributed by atoms with Gasteiger partial charge in [0.15, 0.2) is 5.82 Å². The molecule has 0 aromatic carbocycles. The first kappa shape index (κ1) is 16.2. The second kappa shape index (κ2) is 6.43.